The number of rotatable bonds is 20. The maximum Gasteiger partial charge on any atom is 0.192 e. The van der Waals surface area contributed by atoms with Crippen molar-refractivity contribution in [2.24, 2.45) is 28.5 Å². The number of aliphatic hydroxyl groups excluding tert-OH is 3. The monoisotopic (exact) mass is 1160 g/mol. The van der Waals surface area contributed by atoms with E-state index in [1.54, 1.807) is 27.1 Å². The highest BCUT2D eigenvalue weighted by molar-refractivity contribution is 6.01. The third-order valence-electron chi connectivity index (χ3n) is 17.5. The first-order chi connectivity index (χ1) is 41.1. The highest BCUT2D eigenvalue weighted by atomic mass is 16.5. The molecule has 0 spiro atoms. The van der Waals surface area contributed by atoms with Gasteiger partial charge >= 0.3 is 0 Å². The van der Waals surface area contributed by atoms with Crippen LogP contribution in [-0.2, 0) is 40.1 Å². The molecule has 5 aromatic rings. The van der Waals surface area contributed by atoms with E-state index < -0.39 is 30.3 Å². The Hall–Kier alpha value is -7.16. The Labute approximate surface area is 501 Å². The van der Waals surface area contributed by atoms with Gasteiger partial charge in [-0.2, -0.15) is 0 Å². The number of aliphatic imine (C=N–C) groups is 1. The average molecular weight is 1160 g/mol. The molecule has 0 saturated carbocycles. The van der Waals surface area contributed by atoms with Crippen molar-refractivity contribution < 1.29 is 49.3 Å². The van der Waals surface area contributed by atoms with Gasteiger partial charge in [-0.1, -0.05) is 86.9 Å². The molecule has 10 bridgehead atoms. The van der Waals surface area contributed by atoms with Crippen LogP contribution in [0.5, 0.6) is 17.2 Å². The molecule has 0 amide bonds. The van der Waals surface area contributed by atoms with Gasteiger partial charge in [-0.3, -0.25) is 15.1 Å². The van der Waals surface area contributed by atoms with Gasteiger partial charge in [0.05, 0.1) is 31.9 Å². The van der Waals surface area contributed by atoms with Crippen molar-refractivity contribution in [1.82, 2.24) is 10.6 Å². The zero-order valence-corrected chi connectivity index (χ0v) is 50.2. The fraction of sp³-hybridized carbons (Fsp3) is 0.457. The lowest BCUT2D eigenvalue weighted by Gasteiger charge is -2.35. The highest BCUT2D eigenvalue weighted by Crippen LogP contribution is 2.51. The predicted molar refractivity (Wildman–Crippen MR) is 336 cm³/mol. The van der Waals surface area contributed by atoms with Crippen molar-refractivity contribution in [1.29, 1.82) is 0 Å². The number of benzene rings is 5. The number of aliphatic hydroxyl groups is 4. The molecule has 85 heavy (non-hydrogen) atoms. The number of aromatic hydroxyl groups is 1. The molecule has 9 atom stereocenters. The van der Waals surface area contributed by atoms with E-state index in [-0.39, 0.29) is 72.1 Å². The molecule has 0 saturated heterocycles. The molecule has 2 aliphatic carbocycles. The van der Waals surface area contributed by atoms with E-state index in [1.807, 2.05) is 61.5 Å². The predicted octanol–water partition coefficient (Wildman–Crippen LogP) is 11.0. The van der Waals surface area contributed by atoms with Gasteiger partial charge < -0.3 is 60.8 Å². The molecule has 4 heterocycles. The number of phenols is 1. The van der Waals surface area contributed by atoms with Crippen molar-refractivity contribution in [3.8, 4) is 29.3 Å². The summed E-state index contributed by atoms with van der Waals surface area (Å²) in [5.74, 6) is 2.99. The molecule has 0 fully saturated rings. The lowest BCUT2D eigenvalue weighted by molar-refractivity contribution is -0.121. The number of ketones is 1. The molecule has 5 aromatic carbocycles. The number of Topliss-reactive ketones (excluding diaryl/α,β-unsaturated/α-hetero) is 1. The summed E-state index contributed by atoms with van der Waals surface area (Å²) in [6.07, 6.45) is 14.5. The number of ether oxygens (including phenoxy) is 4. The van der Waals surface area contributed by atoms with Crippen molar-refractivity contribution in [3.63, 3.8) is 0 Å². The third-order valence-corrected chi connectivity index (χ3v) is 17.5. The molecular formula is C70H87N5O10. The fourth-order valence-electron chi connectivity index (χ4n) is 13.0. The first kappa shape index (κ1) is 62.4. The second-order valence-corrected chi connectivity index (χ2v) is 23.5. The van der Waals surface area contributed by atoms with Gasteiger partial charge in [-0.25, -0.2) is 0 Å². The van der Waals surface area contributed by atoms with E-state index in [9.17, 15) is 30.3 Å². The summed E-state index contributed by atoms with van der Waals surface area (Å²) >= 11 is 0. The Bertz CT molecular complexity index is 3340. The molecule has 15 nitrogen and oxygen atoms in total. The average Bonchev–Trinajstić information content (AvgIpc) is 1.68. The zero-order chi connectivity index (χ0) is 60.1. The van der Waals surface area contributed by atoms with Gasteiger partial charge in [0, 0.05) is 79.7 Å². The number of nitrogens with one attached hydrogen (secondary N) is 3. The Balaban J connectivity index is 1.25. The van der Waals surface area contributed by atoms with Crippen molar-refractivity contribution in [3.05, 3.63) is 158 Å². The molecular weight excluding hydrogens is 1070 g/mol. The summed E-state index contributed by atoms with van der Waals surface area (Å²) < 4.78 is 25.1. The Morgan fingerprint density at radius 1 is 0.941 bits per heavy atom. The van der Waals surface area contributed by atoms with E-state index in [0.717, 1.165) is 70.1 Å². The van der Waals surface area contributed by atoms with Crippen molar-refractivity contribution in [2.75, 3.05) is 45.8 Å². The Morgan fingerprint density at radius 2 is 1.75 bits per heavy atom. The van der Waals surface area contributed by atoms with Gasteiger partial charge in [0.1, 0.15) is 36.1 Å². The topological polar surface area (TPSA) is 230 Å². The largest absolute Gasteiger partial charge is 0.508 e. The molecule has 4 aliphatic heterocycles. The van der Waals surface area contributed by atoms with Crippen LogP contribution in [-0.4, -0.2) is 96.1 Å². The number of fused-ring (bicyclic) bond motifs is 8. The molecule has 15 heteroatoms. The summed E-state index contributed by atoms with van der Waals surface area (Å²) in [5, 5.41) is 70.9. The summed E-state index contributed by atoms with van der Waals surface area (Å²) in [4.78, 5) is 18.5. The number of guanidine groups is 1. The van der Waals surface area contributed by atoms with Gasteiger partial charge in [-0.15, -0.1) is 0 Å². The number of hydrogen-bond donors (Lipinski definition) is 9. The molecule has 452 valence electrons. The minimum Gasteiger partial charge on any atom is -0.508 e. The highest BCUT2D eigenvalue weighted by Gasteiger charge is 2.38. The lowest BCUT2D eigenvalue weighted by Crippen LogP contribution is -2.46. The van der Waals surface area contributed by atoms with E-state index in [1.165, 1.54) is 5.56 Å². The minimum absolute atomic E-state index is 0.00816. The first-order valence-corrected chi connectivity index (χ1v) is 30.5. The molecule has 0 aromatic heterocycles. The summed E-state index contributed by atoms with van der Waals surface area (Å²) in [5.41, 5.74) is 14.6. The number of methoxy groups -OCH3 is 1. The molecule has 0 unspecified atom stereocenters. The number of allylic oxidation sites excluding steroid dienone is 4. The van der Waals surface area contributed by atoms with Crippen LogP contribution in [0.3, 0.4) is 0 Å². The van der Waals surface area contributed by atoms with E-state index in [0.29, 0.717) is 92.4 Å². The van der Waals surface area contributed by atoms with Crippen LogP contribution in [0.2, 0.25) is 0 Å². The summed E-state index contributed by atoms with van der Waals surface area (Å²) in [7, 11) is 3.22. The van der Waals surface area contributed by atoms with Crippen LogP contribution in [0.4, 0.5) is 5.69 Å². The maximum absolute atomic E-state index is 14.5. The van der Waals surface area contributed by atoms with E-state index in [4.69, 9.17) is 24.7 Å². The maximum atomic E-state index is 14.5. The first-order valence-electron chi connectivity index (χ1n) is 30.5. The van der Waals surface area contributed by atoms with E-state index >= 15 is 0 Å². The Morgan fingerprint density at radius 3 is 2.52 bits per heavy atom. The van der Waals surface area contributed by atoms with Crippen molar-refractivity contribution in [2.45, 2.75) is 147 Å². The number of nitrogens with zero attached hydrogens (tertiary/aromatic N) is 1. The second kappa shape index (κ2) is 29.3. The molecule has 0 radical (unpaired) electrons. The molecule has 11 rings (SSSR count). The van der Waals surface area contributed by atoms with Crippen LogP contribution in [0.25, 0.3) is 16.8 Å². The molecule has 6 aliphatic rings. The minimum atomic E-state index is -1.93. The van der Waals surface area contributed by atoms with E-state index in [2.05, 4.69) is 89.3 Å². The Kier molecular flexibility index (Phi) is 21.5. The second-order valence-electron chi connectivity index (χ2n) is 23.5. The normalized spacial score (nSPS) is 22.2. The smallest absolute Gasteiger partial charge is 0.192 e. The molecule has 10 N–H and O–H groups in total. The van der Waals surface area contributed by atoms with Gasteiger partial charge in [0.25, 0.3) is 0 Å². The summed E-state index contributed by atoms with van der Waals surface area (Å²) in [6.45, 7) is 9.75. The number of aryl methyl sites for hydroxylation is 2. The van der Waals surface area contributed by atoms with Crippen LogP contribution in [0.1, 0.15) is 153 Å². The van der Waals surface area contributed by atoms with Crippen LogP contribution >= 0.6 is 0 Å². The number of phenolic OH excluding ortho intramolecular Hbond substituents is 1. The lowest BCUT2D eigenvalue weighted by atomic mass is 9.70. The standard InChI is InChI=1S/C70H87N5O10/c1-7-66(73-39-43(4)76)74-40-50-34-57(48-17-11-14-45(29-48)25-27-83-8-2)55-26-28-84-53(32-49-35-62(78)58(50)33-47(49)16-10-9-13-44-15-12-18-51(30-44)75-70(71)72-5)36-52(77)22-20-46-21-24-64(82-6)65(31-46)85-41-61-54-23-19-42(3)56-38-63(79)68(55)60(67(54)56)37-59(61)69(80)81/h11-12,14-15,17-19,21,23-24,29-31,33,35,37-38,42-43,47,49-50,53,55,57,66,69,73-74,76,78-81H,7-10,13,16,20,22,25,27,32,34,36,39-41H2,1-6H3,(H3,71,72,75)/t42-,43+,47-,49+,50+,53+,55+,57+,66-/m1/s1. The number of unbranched alkanes of at least 4 members (excludes halogenated alkanes) is 1. The number of anilines is 1. The quantitative estimate of drug-likeness (QED) is 0.0116. The number of carbonyl (C=O) groups is 1. The zero-order valence-electron chi connectivity index (χ0n) is 50.2. The number of carbonyl (C=O) groups excluding carboxylic acids is 1. The SMILES string of the molecule is CCOCCc1cccc([C@@H]2C[C@@H](CN[C@H](CC)NC[C@H](C)O)C3=C[C@@H](CCCCc4cccc(NC(N)=NC)c4)[C@H](C=C3O)C[C@H]3CC(=O)CCc4ccc(OC)c(c4)OCc4c(C(O)O)cc5c(c(O)cc6c5c4C=C[C@H]6C)[C@H]2C#CO3)c1. The van der Waals surface area contributed by atoms with Crippen LogP contribution < -0.4 is 31.2 Å². The van der Waals surface area contributed by atoms with Gasteiger partial charge in [-0.05, 0) is 169 Å². The number of hydrogen-bond acceptors (Lipinski definition) is 13. The van der Waals surface area contributed by atoms with Gasteiger partial charge in [0.15, 0.2) is 23.7 Å². The van der Waals surface area contributed by atoms with Crippen LogP contribution in [0, 0.1) is 29.8 Å². The third kappa shape index (κ3) is 15.5. The van der Waals surface area contributed by atoms with Crippen molar-refractivity contribution >= 4 is 34.3 Å². The summed E-state index contributed by atoms with van der Waals surface area (Å²) in [6, 6.07) is 25.9. The van der Waals surface area contributed by atoms with Crippen LogP contribution in [0.15, 0.2) is 113 Å². The fourth-order valence-corrected chi connectivity index (χ4v) is 13.0. The number of nitrogens with two attached hydrogens (primary N) is 1. The van der Waals surface area contributed by atoms with Gasteiger partial charge in [0.2, 0.25) is 0 Å².